The van der Waals surface area contributed by atoms with Crippen LogP contribution < -0.4 is 10.6 Å². The summed E-state index contributed by atoms with van der Waals surface area (Å²) >= 11 is 0. The molecule has 0 spiro atoms. The molecule has 1 aromatic carbocycles. The topological polar surface area (TPSA) is 80.0 Å². The van der Waals surface area contributed by atoms with E-state index < -0.39 is 0 Å². The van der Waals surface area contributed by atoms with E-state index in [1.807, 2.05) is 39.1 Å². The molecule has 0 aliphatic carbocycles. The van der Waals surface area contributed by atoms with E-state index in [0.717, 1.165) is 36.2 Å². The summed E-state index contributed by atoms with van der Waals surface area (Å²) in [5.74, 6) is 1.16. The molecular weight excluding hydrogens is 280 g/mol. The number of amides is 1. The van der Waals surface area contributed by atoms with Gasteiger partial charge in [-0.25, -0.2) is 0 Å². The standard InChI is InChI=1S/C16H22N4O2/c1-4-14-19-16(22-20-14)12-8-7-11(2)13(10-12)18-15(21)6-5-9-17-3/h7-8,10,17H,4-6,9H2,1-3H3,(H,18,21). The van der Waals surface area contributed by atoms with Gasteiger partial charge in [-0.3, -0.25) is 4.79 Å². The van der Waals surface area contributed by atoms with Gasteiger partial charge in [-0.15, -0.1) is 0 Å². The number of nitrogens with zero attached hydrogens (tertiary/aromatic N) is 2. The molecule has 0 radical (unpaired) electrons. The van der Waals surface area contributed by atoms with Crippen LogP contribution in [0.3, 0.4) is 0 Å². The molecule has 0 unspecified atom stereocenters. The van der Waals surface area contributed by atoms with E-state index in [9.17, 15) is 4.79 Å². The first-order valence-corrected chi connectivity index (χ1v) is 7.52. The second kappa shape index (κ2) is 7.70. The number of rotatable bonds is 7. The highest BCUT2D eigenvalue weighted by molar-refractivity contribution is 5.92. The van der Waals surface area contributed by atoms with Gasteiger partial charge < -0.3 is 15.2 Å². The van der Waals surface area contributed by atoms with E-state index >= 15 is 0 Å². The highest BCUT2D eigenvalue weighted by atomic mass is 16.5. The van der Waals surface area contributed by atoms with Crippen molar-refractivity contribution in [3.8, 4) is 11.5 Å². The highest BCUT2D eigenvalue weighted by Gasteiger charge is 2.11. The number of nitrogens with one attached hydrogen (secondary N) is 2. The average Bonchev–Trinajstić information content (AvgIpc) is 2.99. The molecule has 0 saturated heterocycles. The summed E-state index contributed by atoms with van der Waals surface area (Å²) in [4.78, 5) is 16.3. The Hall–Kier alpha value is -2.21. The smallest absolute Gasteiger partial charge is 0.257 e. The minimum absolute atomic E-state index is 0.00952. The number of hydrogen-bond acceptors (Lipinski definition) is 5. The van der Waals surface area contributed by atoms with Gasteiger partial charge in [0, 0.05) is 24.1 Å². The van der Waals surface area contributed by atoms with Crippen LogP contribution in [-0.4, -0.2) is 29.6 Å². The molecule has 0 aliphatic rings. The number of benzene rings is 1. The van der Waals surface area contributed by atoms with Crippen molar-refractivity contribution in [3.05, 3.63) is 29.6 Å². The van der Waals surface area contributed by atoms with E-state index in [2.05, 4.69) is 20.8 Å². The number of aryl methyl sites for hydroxylation is 2. The largest absolute Gasteiger partial charge is 0.334 e. The zero-order valence-electron chi connectivity index (χ0n) is 13.3. The first kappa shape index (κ1) is 16.2. The summed E-state index contributed by atoms with van der Waals surface area (Å²) in [7, 11) is 1.88. The Morgan fingerprint density at radius 2 is 2.18 bits per heavy atom. The Bertz CT molecular complexity index is 637. The molecule has 6 nitrogen and oxygen atoms in total. The zero-order valence-corrected chi connectivity index (χ0v) is 13.3. The van der Waals surface area contributed by atoms with Gasteiger partial charge in [0.2, 0.25) is 5.91 Å². The van der Waals surface area contributed by atoms with Crippen molar-refractivity contribution in [1.29, 1.82) is 0 Å². The Morgan fingerprint density at radius 3 is 2.86 bits per heavy atom. The summed E-state index contributed by atoms with van der Waals surface area (Å²) in [5.41, 5.74) is 2.59. The quantitative estimate of drug-likeness (QED) is 0.768. The summed E-state index contributed by atoms with van der Waals surface area (Å²) in [6.07, 6.45) is 2.03. The number of anilines is 1. The van der Waals surface area contributed by atoms with E-state index in [-0.39, 0.29) is 5.91 Å². The van der Waals surface area contributed by atoms with Gasteiger partial charge in [0.15, 0.2) is 5.82 Å². The lowest BCUT2D eigenvalue weighted by atomic mass is 10.1. The minimum atomic E-state index is 0.00952. The lowest BCUT2D eigenvalue weighted by molar-refractivity contribution is -0.116. The number of aromatic nitrogens is 2. The van der Waals surface area contributed by atoms with Gasteiger partial charge in [-0.05, 0) is 44.6 Å². The fraction of sp³-hybridized carbons (Fsp3) is 0.438. The molecule has 0 saturated carbocycles. The van der Waals surface area contributed by atoms with Crippen LogP contribution in [0, 0.1) is 6.92 Å². The second-order valence-electron chi connectivity index (χ2n) is 5.15. The van der Waals surface area contributed by atoms with Crippen molar-refractivity contribution in [1.82, 2.24) is 15.5 Å². The highest BCUT2D eigenvalue weighted by Crippen LogP contribution is 2.24. The fourth-order valence-corrected chi connectivity index (χ4v) is 2.04. The van der Waals surface area contributed by atoms with Crippen molar-refractivity contribution >= 4 is 11.6 Å². The van der Waals surface area contributed by atoms with Crippen LogP contribution in [0.2, 0.25) is 0 Å². The van der Waals surface area contributed by atoms with Crippen molar-refractivity contribution < 1.29 is 9.32 Å². The van der Waals surface area contributed by atoms with Crippen molar-refractivity contribution in [2.75, 3.05) is 18.9 Å². The van der Waals surface area contributed by atoms with Crippen LogP contribution in [-0.2, 0) is 11.2 Å². The van der Waals surface area contributed by atoms with E-state index in [1.54, 1.807) is 0 Å². The third-order valence-electron chi connectivity index (χ3n) is 3.37. The molecular formula is C16H22N4O2. The van der Waals surface area contributed by atoms with Crippen LogP contribution >= 0.6 is 0 Å². The van der Waals surface area contributed by atoms with Gasteiger partial charge >= 0.3 is 0 Å². The lowest BCUT2D eigenvalue weighted by Crippen LogP contribution is -2.15. The first-order chi connectivity index (χ1) is 10.6. The normalized spacial score (nSPS) is 10.7. The lowest BCUT2D eigenvalue weighted by Gasteiger charge is -2.09. The number of carbonyl (C=O) groups excluding carboxylic acids is 1. The third kappa shape index (κ3) is 4.14. The first-order valence-electron chi connectivity index (χ1n) is 7.52. The summed E-state index contributed by atoms with van der Waals surface area (Å²) in [5, 5.41) is 9.87. The van der Waals surface area contributed by atoms with Gasteiger partial charge in [0.25, 0.3) is 5.89 Å². The van der Waals surface area contributed by atoms with Crippen LogP contribution in [0.1, 0.15) is 31.2 Å². The van der Waals surface area contributed by atoms with Gasteiger partial charge in [0.1, 0.15) is 0 Å². The predicted octanol–water partition coefficient (Wildman–Crippen LogP) is 2.55. The Kier molecular flexibility index (Phi) is 5.66. The van der Waals surface area contributed by atoms with E-state index in [4.69, 9.17) is 4.52 Å². The Balaban J connectivity index is 2.11. The van der Waals surface area contributed by atoms with Crippen LogP contribution in [0.5, 0.6) is 0 Å². The summed E-state index contributed by atoms with van der Waals surface area (Å²) in [6.45, 7) is 4.76. The molecule has 1 aromatic heterocycles. The van der Waals surface area contributed by atoms with Crippen molar-refractivity contribution in [2.24, 2.45) is 0 Å². The van der Waals surface area contributed by atoms with Crippen LogP contribution in [0.25, 0.3) is 11.5 Å². The van der Waals surface area contributed by atoms with Crippen LogP contribution in [0.15, 0.2) is 22.7 Å². The molecule has 1 amide bonds. The number of carbonyl (C=O) groups is 1. The van der Waals surface area contributed by atoms with Gasteiger partial charge in [-0.2, -0.15) is 4.98 Å². The summed E-state index contributed by atoms with van der Waals surface area (Å²) < 4.78 is 5.24. The number of hydrogen-bond donors (Lipinski definition) is 2. The van der Waals surface area contributed by atoms with Gasteiger partial charge in [0.05, 0.1) is 0 Å². The molecule has 6 heteroatoms. The van der Waals surface area contributed by atoms with E-state index in [1.165, 1.54) is 0 Å². The Morgan fingerprint density at radius 1 is 1.36 bits per heavy atom. The molecule has 2 rings (SSSR count). The van der Waals surface area contributed by atoms with E-state index in [0.29, 0.717) is 18.1 Å². The third-order valence-corrected chi connectivity index (χ3v) is 3.37. The second-order valence-corrected chi connectivity index (χ2v) is 5.15. The zero-order chi connectivity index (χ0) is 15.9. The maximum absolute atomic E-state index is 11.9. The monoisotopic (exact) mass is 302 g/mol. The van der Waals surface area contributed by atoms with Crippen molar-refractivity contribution in [2.45, 2.75) is 33.1 Å². The molecule has 0 aliphatic heterocycles. The van der Waals surface area contributed by atoms with Crippen molar-refractivity contribution in [3.63, 3.8) is 0 Å². The summed E-state index contributed by atoms with van der Waals surface area (Å²) in [6, 6.07) is 5.73. The molecule has 118 valence electrons. The minimum Gasteiger partial charge on any atom is -0.334 e. The van der Waals surface area contributed by atoms with Crippen LogP contribution in [0.4, 0.5) is 5.69 Å². The van der Waals surface area contributed by atoms with Gasteiger partial charge in [-0.1, -0.05) is 18.1 Å². The molecule has 0 bridgehead atoms. The SMILES string of the molecule is CCc1noc(-c2ccc(C)c(NC(=O)CCCNC)c2)n1. The average molecular weight is 302 g/mol. The maximum Gasteiger partial charge on any atom is 0.257 e. The molecule has 0 atom stereocenters. The molecule has 2 aromatic rings. The predicted molar refractivity (Wildman–Crippen MR) is 85.6 cm³/mol. The molecule has 2 N–H and O–H groups in total. The molecule has 0 fully saturated rings. The molecule has 1 heterocycles. The fourth-order valence-electron chi connectivity index (χ4n) is 2.04. The Labute approximate surface area is 130 Å². The maximum atomic E-state index is 11.9. The molecule has 22 heavy (non-hydrogen) atoms.